The summed E-state index contributed by atoms with van der Waals surface area (Å²) in [5, 5.41) is 10.7. The first-order valence-electron chi connectivity index (χ1n) is 22.1. The Kier molecular flexibility index (Phi) is 25.3. The zero-order chi connectivity index (χ0) is 49.5. The van der Waals surface area contributed by atoms with Crippen LogP contribution in [-0.2, 0) is 33.8 Å². The largest absolute Gasteiger partial charge is 0.376 e. The molecular formula is C50H74N4O9S2. The number of thioether (sulfide) groups is 1. The summed E-state index contributed by atoms with van der Waals surface area (Å²) in [6.45, 7) is 25.7. The molecule has 2 unspecified atom stereocenters. The van der Waals surface area contributed by atoms with Gasteiger partial charge in [-0.25, -0.2) is 8.42 Å². The number of carbonyl (C=O) groups excluding carboxylic acids is 6. The van der Waals surface area contributed by atoms with Gasteiger partial charge in [-0.1, -0.05) is 82.1 Å². The minimum absolute atomic E-state index is 0.0115. The molecule has 0 bridgehead atoms. The third-order valence-corrected chi connectivity index (χ3v) is 12.9. The van der Waals surface area contributed by atoms with Gasteiger partial charge in [-0.2, -0.15) is 0 Å². The van der Waals surface area contributed by atoms with Crippen LogP contribution in [0.1, 0.15) is 121 Å². The smallest absolute Gasteiger partial charge is 0.251 e. The summed E-state index contributed by atoms with van der Waals surface area (Å²) in [4.78, 5) is 71.3. The third kappa shape index (κ3) is 24.3. The van der Waals surface area contributed by atoms with Gasteiger partial charge in [0.2, 0.25) is 18.2 Å². The molecule has 2 atom stereocenters. The lowest BCUT2D eigenvalue weighted by Crippen LogP contribution is -2.48. The standard InChI is InChI=1S/C36H46N2O6S2.C8H17NO.C6H11NO2/c1-25-8-16-30(17-9-25)45-23-29(24-46(42,43)31-18-10-26(2)11-19-31)33(40)27-12-14-28(15-13-27)34(41)37-22-32(39)38-36(6,7)20-21-44-35(3,4)5;1-5-8(10)9-7(4)6(2)3;1-5(2)6(9)3-7-4-8/h8-19,29H,20-24H2,1-7H3,(H,37,41)(H,38,39);6-7H,5H2,1-4H3,(H,9,10);4-5H,3H2,1-2H3,(H,7,8). The second-order valence-corrected chi connectivity index (χ2v) is 21.4. The number of aryl methyl sites for hydroxylation is 2. The number of hydrogen-bond donors (Lipinski definition) is 4. The molecular weight excluding hydrogens is 865 g/mol. The quantitative estimate of drug-likeness (QED) is 0.0441. The number of ether oxygens (including phenoxy) is 1. The lowest BCUT2D eigenvalue weighted by Gasteiger charge is -2.28. The van der Waals surface area contributed by atoms with Crippen LogP contribution in [0.25, 0.3) is 0 Å². The molecule has 4 amide bonds. The van der Waals surface area contributed by atoms with Crippen LogP contribution in [0.4, 0.5) is 0 Å². The molecule has 0 saturated carbocycles. The number of ketones is 2. The Morgan fingerprint density at radius 1 is 0.754 bits per heavy atom. The first-order valence-corrected chi connectivity index (χ1v) is 24.7. The van der Waals surface area contributed by atoms with E-state index in [2.05, 4.69) is 35.1 Å². The molecule has 3 aromatic carbocycles. The van der Waals surface area contributed by atoms with Crippen molar-refractivity contribution >= 4 is 57.3 Å². The number of nitrogens with one attached hydrogen (secondary N) is 4. The van der Waals surface area contributed by atoms with Gasteiger partial charge in [0.25, 0.3) is 5.91 Å². The Hall–Kier alpha value is -4.86. The lowest BCUT2D eigenvalue weighted by molar-refractivity contribution is -0.123. The summed E-state index contributed by atoms with van der Waals surface area (Å²) in [5.41, 5.74) is 1.85. The van der Waals surface area contributed by atoms with E-state index in [0.717, 1.165) is 16.0 Å². The van der Waals surface area contributed by atoms with Crippen LogP contribution in [0.3, 0.4) is 0 Å². The van der Waals surface area contributed by atoms with Crippen LogP contribution in [-0.4, -0.2) is 92.5 Å². The van der Waals surface area contributed by atoms with Crippen LogP contribution >= 0.6 is 11.8 Å². The normalized spacial score (nSPS) is 12.4. The molecule has 0 aromatic heterocycles. The Balaban J connectivity index is 0.000000921. The average molecular weight is 939 g/mol. The fourth-order valence-corrected chi connectivity index (χ4v) is 8.07. The molecule has 65 heavy (non-hydrogen) atoms. The fourth-order valence-electron chi connectivity index (χ4n) is 5.39. The van der Waals surface area contributed by atoms with Crippen molar-refractivity contribution < 1.29 is 41.9 Å². The van der Waals surface area contributed by atoms with E-state index in [4.69, 9.17) is 4.74 Å². The molecule has 13 nitrogen and oxygen atoms in total. The highest BCUT2D eigenvalue weighted by Crippen LogP contribution is 2.26. The number of hydrogen-bond acceptors (Lipinski definition) is 10. The van der Waals surface area contributed by atoms with Crippen LogP contribution in [0.2, 0.25) is 0 Å². The molecule has 360 valence electrons. The number of benzene rings is 3. The monoisotopic (exact) mass is 938 g/mol. The highest BCUT2D eigenvalue weighted by Gasteiger charge is 2.29. The number of Topliss-reactive ketones (excluding diaryl/α,β-unsaturated/α-hetero) is 2. The van der Waals surface area contributed by atoms with Crippen molar-refractivity contribution in [3.63, 3.8) is 0 Å². The van der Waals surface area contributed by atoms with E-state index in [1.807, 2.05) is 86.6 Å². The van der Waals surface area contributed by atoms with Gasteiger partial charge < -0.3 is 26.0 Å². The van der Waals surface area contributed by atoms with Crippen molar-refractivity contribution in [3.8, 4) is 0 Å². The maximum absolute atomic E-state index is 13.7. The minimum atomic E-state index is -3.75. The van der Waals surface area contributed by atoms with Crippen LogP contribution in [0, 0.1) is 31.6 Å². The molecule has 4 N–H and O–H groups in total. The van der Waals surface area contributed by atoms with Gasteiger partial charge in [0, 0.05) is 58.2 Å². The van der Waals surface area contributed by atoms with Gasteiger partial charge in [-0.15, -0.1) is 11.8 Å². The number of carbonyl (C=O) groups is 6. The Bertz CT molecular complexity index is 2080. The van der Waals surface area contributed by atoms with Crippen molar-refractivity contribution in [1.29, 1.82) is 0 Å². The summed E-state index contributed by atoms with van der Waals surface area (Å²) in [7, 11) is -3.75. The van der Waals surface area contributed by atoms with Gasteiger partial charge in [-0.05, 0) is 104 Å². The first kappa shape index (κ1) is 58.2. The summed E-state index contributed by atoms with van der Waals surface area (Å²) in [6.07, 6.45) is 1.72. The van der Waals surface area contributed by atoms with Crippen LogP contribution in [0.5, 0.6) is 0 Å². The molecule has 0 spiro atoms. The van der Waals surface area contributed by atoms with Crippen molar-refractivity contribution in [2.75, 3.05) is 31.2 Å². The van der Waals surface area contributed by atoms with Gasteiger partial charge in [0.05, 0.1) is 29.3 Å². The highest BCUT2D eigenvalue weighted by molar-refractivity contribution is 7.99. The summed E-state index contributed by atoms with van der Waals surface area (Å²) >= 11 is 1.43. The van der Waals surface area contributed by atoms with E-state index in [0.29, 0.717) is 43.4 Å². The summed E-state index contributed by atoms with van der Waals surface area (Å²) in [6, 6.07) is 20.8. The predicted octanol–water partition coefficient (Wildman–Crippen LogP) is 7.71. The molecule has 0 radical (unpaired) electrons. The molecule has 0 fully saturated rings. The Labute approximate surface area is 392 Å². The zero-order valence-electron chi connectivity index (χ0n) is 40.8. The van der Waals surface area contributed by atoms with Gasteiger partial charge in [-0.3, -0.25) is 28.8 Å². The molecule has 3 rings (SSSR count). The maximum Gasteiger partial charge on any atom is 0.251 e. The number of sulfone groups is 1. The summed E-state index contributed by atoms with van der Waals surface area (Å²) in [5.74, 6) is -1.28. The van der Waals surface area contributed by atoms with Gasteiger partial charge in [0.15, 0.2) is 21.4 Å². The number of rotatable bonds is 22. The Morgan fingerprint density at radius 3 is 1.78 bits per heavy atom. The van der Waals surface area contributed by atoms with Crippen molar-refractivity contribution in [2.24, 2.45) is 17.8 Å². The molecule has 0 saturated heterocycles. The minimum Gasteiger partial charge on any atom is -0.376 e. The molecule has 0 aliphatic heterocycles. The zero-order valence-corrected chi connectivity index (χ0v) is 42.4. The van der Waals surface area contributed by atoms with E-state index in [-0.39, 0.29) is 70.0 Å². The van der Waals surface area contributed by atoms with E-state index in [1.165, 1.54) is 36.0 Å². The van der Waals surface area contributed by atoms with E-state index < -0.39 is 27.2 Å². The van der Waals surface area contributed by atoms with Gasteiger partial charge in [0.1, 0.15) is 0 Å². The van der Waals surface area contributed by atoms with E-state index >= 15 is 0 Å². The van der Waals surface area contributed by atoms with E-state index in [1.54, 1.807) is 38.1 Å². The third-order valence-electron chi connectivity index (χ3n) is 9.94. The molecule has 0 aliphatic rings. The van der Waals surface area contributed by atoms with Crippen molar-refractivity contribution in [2.45, 2.75) is 130 Å². The fraction of sp³-hybridized carbons (Fsp3) is 0.520. The van der Waals surface area contributed by atoms with Crippen LogP contribution in [0.15, 0.2) is 82.6 Å². The molecule has 3 aromatic rings. The average Bonchev–Trinajstić information content (AvgIpc) is 3.23. The Morgan fingerprint density at radius 2 is 1.29 bits per heavy atom. The second kappa shape index (κ2) is 28.2. The van der Waals surface area contributed by atoms with Gasteiger partial charge >= 0.3 is 0 Å². The SMILES string of the molecule is CC(C)C(=O)CNC=O.CCC(=O)NC(C)C(C)C.Cc1ccc(SCC(CS(=O)(=O)c2ccc(C)cc2)C(=O)c2ccc(C(=O)NCC(=O)NC(C)(C)CCOC(C)(C)C)cc2)cc1. The topological polar surface area (TPSA) is 194 Å². The molecule has 0 aliphatic carbocycles. The summed E-state index contributed by atoms with van der Waals surface area (Å²) < 4.78 is 32.4. The predicted molar refractivity (Wildman–Crippen MR) is 261 cm³/mol. The first-order chi connectivity index (χ1) is 30.2. The van der Waals surface area contributed by atoms with Crippen molar-refractivity contribution in [3.05, 3.63) is 95.1 Å². The van der Waals surface area contributed by atoms with E-state index in [9.17, 15) is 37.2 Å². The van der Waals surface area contributed by atoms with Crippen LogP contribution < -0.4 is 21.3 Å². The molecule has 0 heterocycles. The highest BCUT2D eigenvalue weighted by atomic mass is 32.2. The van der Waals surface area contributed by atoms with Crippen molar-refractivity contribution in [1.82, 2.24) is 21.3 Å². The number of amides is 4. The lowest BCUT2D eigenvalue weighted by atomic mass is 9.99. The maximum atomic E-state index is 13.7. The second-order valence-electron chi connectivity index (χ2n) is 18.3. The molecule has 15 heteroatoms.